The second kappa shape index (κ2) is 5.32. The van der Waals surface area contributed by atoms with E-state index in [0.717, 1.165) is 24.8 Å². The Bertz CT molecular complexity index is 480. The van der Waals surface area contributed by atoms with E-state index in [-0.39, 0.29) is 22.9 Å². The first kappa shape index (κ1) is 14.0. The Kier molecular flexibility index (Phi) is 3.93. The van der Waals surface area contributed by atoms with Crippen molar-refractivity contribution in [3.05, 3.63) is 29.6 Å². The van der Waals surface area contributed by atoms with Crippen LogP contribution in [0.5, 0.6) is 5.75 Å². The highest BCUT2D eigenvalue weighted by molar-refractivity contribution is 5.84. The van der Waals surface area contributed by atoms with Gasteiger partial charge in [-0.3, -0.25) is 4.79 Å². The zero-order valence-corrected chi connectivity index (χ0v) is 11.8. The summed E-state index contributed by atoms with van der Waals surface area (Å²) in [7, 11) is 1.43. The van der Waals surface area contributed by atoms with Crippen LogP contribution in [0.15, 0.2) is 18.2 Å². The Balaban J connectivity index is 2.09. The van der Waals surface area contributed by atoms with E-state index in [4.69, 9.17) is 4.74 Å². The molecular formula is C16H21FO2. The molecule has 2 nitrogen and oxygen atoms in total. The lowest BCUT2D eigenvalue weighted by atomic mass is 9.78. The van der Waals surface area contributed by atoms with E-state index in [9.17, 15) is 9.18 Å². The third-order valence-corrected chi connectivity index (χ3v) is 4.24. The van der Waals surface area contributed by atoms with Gasteiger partial charge in [0.2, 0.25) is 0 Å². The van der Waals surface area contributed by atoms with Gasteiger partial charge in [-0.15, -0.1) is 0 Å². The smallest absolute Gasteiger partial charge is 0.165 e. The standard InChI is InChI=1S/C16H21FO2/c1-16(2)8-4-5-12(16)14(18)10-11-6-7-15(19-3)13(17)9-11/h6-7,9,12H,4-5,8,10H2,1-3H3. The van der Waals surface area contributed by atoms with Gasteiger partial charge < -0.3 is 4.74 Å². The summed E-state index contributed by atoms with van der Waals surface area (Å²) in [6, 6.07) is 4.75. The van der Waals surface area contributed by atoms with E-state index < -0.39 is 5.82 Å². The van der Waals surface area contributed by atoms with Gasteiger partial charge in [-0.05, 0) is 36.0 Å². The molecule has 0 amide bonds. The Morgan fingerprint density at radius 3 is 2.74 bits per heavy atom. The van der Waals surface area contributed by atoms with Crippen molar-refractivity contribution in [2.24, 2.45) is 11.3 Å². The molecule has 1 aliphatic carbocycles. The van der Waals surface area contributed by atoms with Gasteiger partial charge in [0.15, 0.2) is 11.6 Å². The first-order valence-electron chi connectivity index (χ1n) is 6.79. The molecule has 0 saturated heterocycles. The molecule has 1 unspecified atom stereocenters. The summed E-state index contributed by atoms with van der Waals surface area (Å²) in [4.78, 5) is 12.3. The normalized spacial score (nSPS) is 21.4. The number of methoxy groups -OCH3 is 1. The van der Waals surface area contributed by atoms with Gasteiger partial charge in [-0.25, -0.2) is 4.39 Å². The van der Waals surface area contributed by atoms with Crippen LogP contribution in [0, 0.1) is 17.2 Å². The van der Waals surface area contributed by atoms with Gasteiger partial charge in [0.1, 0.15) is 5.78 Å². The van der Waals surface area contributed by atoms with Crippen molar-refractivity contribution < 1.29 is 13.9 Å². The number of carbonyl (C=O) groups is 1. The Morgan fingerprint density at radius 1 is 1.47 bits per heavy atom. The maximum Gasteiger partial charge on any atom is 0.165 e. The molecule has 104 valence electrons. The second-order valence-corrected chi connectivity index (χ2v) is 6.05. The van der Waals surface area contributed by atoms with Gasteiger partial charge in [0, 0.05) is 12.3 Å². The predicted octanol–water partition coefficient (Wildman–Crippen LogP) is 3.77. The van der Waals surface area contributed by atoms with E-state index in [2.05, 4.69) is 13.8 Å². The molecule has 1 saturated carbocycles. The molecule has 19 heavy (non-hydrogen) atoms. The molecule has 1 atom stereocenters. The largest absolute Gasteiger partial charge is 0.494 e. The van der Waals surface area contributed by atoms with E-state index in [1.807, 2.05) is 0 Å². The van der Waals surface area contributed by atoms with E-state index >= 15 is 0 Å². The number of rotatable bonds is 4. The van der Waals surface area contributed by atoms with Crippen molar-refractivity contribution in [2.45, 2.75) is 39.5 Å². The van der Waals surface area contributed by atoms with Crippen molar-refractivity contribution in [3.8, 4) is 5.75 Å². The lowest BCUT2D eigenvalue weighted by Gasteiger charge is -2.25. The lowest BCUT2D eigenvalue weighted by molar-refractivity contribution is -0.124. The third kappa shape index (κ3) is 2.96. The third-order valence-electron chi connectivity index (χ3n) is 4.24. The molecule has 0 radical (unpaired) electrons. The molecule has 1 aromatic rings. The van der Waals surface area contributed by atoms with Crippen LogP contribution in [-0.4, -0.2) is 12.9 Å². The zero-order valence-electron chi connectivity index (χ0n) is 11.8. The van der Waals surface area contributed by atoms with Crippen molar-refractivity contribution >= 4 is 5.78 Å². The molecule has 1 fully saturated rings. The summed E-state index contributed by atoms with van der Waals surface area (Å²) < 4.78 is 18.5. The molecule has 0 N–H and O–H groups in total. The van der Waals surface area contributed by atoms with Gasteiger partial charge in [0.25, 0.3) is 0 Å². The zero-order chi connectivity index (χ0) is 14.0. The molecule has 0 aliphatic heterocycles. The topological polar surface area (TPSA) is 26.3 Å². The van der Waals surface area contributed by atoms with Crippen LogP contribution in [-0.2, 0) is 11.2 Å². The fourth-order valence-electron chi connectivity index (χ4n) is 3.07. The van der Waals surface area contributed by atoms with Crippen LogP contribution in [0.4, 0.5) is 4.39 Å². The van der Waals surface area contributed by atoms with Crippen LogP contribution in [0.25, 0.3) is 0 Å². The first-order valence-corrected chi connectivity index (χ1v) is 6.79. The van der Waals surface area contributed by atoms with Gasteiger partial charge in [-0.1, -0.05) is 26.3 Å². The molecule has 0 bridgehead atoms. The second-order valence-electron chi connectivity index (χ2n) is 6.05. The summed E-state index contributed by atoms with van der Waals surface area (Å²) in [5.74, 6) is 0.153. The molecular weight excluding hydrogens is 243 g/mol. The number of halogens is 1. The maximum atomic E-state index is 13.6. The summed E-state index contributed by atoms with van der Waals surface area (Å²) in [5.41, 5.74) is 0.813. The highest BCUT2D eigenvalue weighted by Crippen LogP contribution is 2.43. The van der Waals surface area contributed by atoms with Crippen LogP contribution >= 0.6 is 0 Å². The minimum absolute atomic E-state index is 0.0854. The van der Waals surface area contributed by atoms with Gasteiger partial charge in [0.05, 0.1) is 7.11 Å². The average molecular weight is 264 g/mol. The number of hydrogen-bond donors (Lipinski definition) is 0. The molecule has 0 aromatic heterocycles. The fourth-order valence-corrected chi connectivity index (χ4v) is 3.07. The fraction of sp³-hybridized carbons (Fsp3) is 0.562. The summed E-state index contributed by atoms with van der Waals surface area (Å²) in [5, 5.41) is 0. The molecule has 2 rings (SSSR count). The summed E-state index contributed by atoms with van der Waals surface area (Å²) >= 11 is 0. The molecule has 0 heterocycles. The Hall–Kier alpha value is -1.38. The molecule has 1 aromatic carbocycles. The van der Waals surface area contributed by atoms with Crippen LogP contribution in [0.2, 0.25) is 0 Å². The number of ketones is 1. The van der Waals surface area contributed by atoms with Crippen LogP contribution in [0.3, 0.4) is 0 Å². The Labute approximate surface area is 114 Å². The maximum absolute atomic E-state index is 13.6. The highest BCUT2D eigenvalue weighted by atomic mass is 19.1. The van der Waals surface area contributed by atoms with Crippen molar-refractivity contribution in [2.75, 3.05) is 7.11 Å². The summed E-state index contributed by atoms with van der Waals surface area (Å²) in [6.45, 7) is 4.30. The molecule has 1 aliphatic rings. The van der Waals surface area contributed by atoms with Crippen LogP contribution < -0.4 is 4.74 Å². The monoisotopic (exact) mass is 264 g/mol. The minimum atomic E-state index is -0.404. The quantitative estimate of drug-likeness (QED) is 0.827. The number of Topliss-reactive ketones (excluding diaryl/α,β-unsaturated/α-hetero) is 1. The SMILES string of the molecule is COc1ccc(CC(=O)C2CCCC2(C)C)cc1F. The van der Waals surface area contributed by atoms with Crippen LogP contribution in [0.1, 0.15) is 38.7 Å². The molecule has 3 heteroatoms. The number of carbonyl (C=O) groups excluding carboxylic acids is 1. The van der Waals surface area contributed by atoms with E-state index in [1.54, 1.807) is 12.1 Å². The van der Waals surface area contributed by atoms with Crippen molar-refractivity contribution in [1.82, 2.24) is 0 Å². The van der Waals surface area contributed by atoms with Crippen molar-refractivity contribution in [3.63, 3.8) is 0 Å². The lowest BCUT2D eigenvalue weighted by Crippen LogP contribution is -2.27. The van der Waals surface area contributed by atoms with E-state index in [1.165, 1.54) is 13.2 Å². The van der Waals surface area contributed by atoms with Crippen molar-refractivity contribution in [1.29, 1.82) is 0 Å². The minimum Gasteiger partial charge on any atom is -0.494 e. The predicted molar refractivity (Wildman–Crippen MR) is 72.8 cm³/mol. The number of benzene rings is 1. The average Bonchev–Trinajstić information content (AvgIpc) is 2.69. The molecule has 0 spiro atoms. The summed E-state index contributed by atoms with van der Waals surface area (Å²) in [6.07, 6.45) is 3.49. The van der Waals surface area contributed by atoms with E-state index in [0.29, 0.717) is 6.42 Å². The highest BCUT2D eigenvalue weighted by Gasteiger charge is 2.38. The number of ether oxygens (including phenoxy) is 1. The van der Waals surface area contributed by atoms with Gasteiger partial charge >= 0.3 is 0 Å². The first-order chi connectivity index (χ1) is 8.94. The number of hydrogen-bond acceptors (Lipinski definition) is 2. The van der Waals surface area contributed by atoms with Gasteiger partial charge in [-0.2, -0.15) is 0 Å². The Morgan fingerprint density at radius 2 is 2.21 bits per heavy atom.